The molecule has 3 aromatic rings. The van der Waals surface area contributed by atoms with Crippen LogP contribution in [0.4, 0.5) is 24.5 Å². The third-order valence-corrected chi connectivity index (χ3v) is 4.02. The number of carbonyl (C=O) groups excluding carboxylic acids is 2. The lowest BCUT2D eigenvalue weighted by Crippen LogP contribution is -2.38. The first-order valence-electron chi connectivity index (χ1n) is 8.03. The Bertz CT molecular complexity index is 1010. The van der Waals surface area contributed by atoms with Gasteiger partial charge in [-0.3, -0.25) is 9.59 Å². The molecule has 9 heteroatoms. The summed E-state index contributed by atoms with van der Waals surface area (Å²) in [4.78, 5) is 24.3. The second kappa shape index (κ2) is 7.26. The third kappa shape index (κ3) is 3.78. The van der Waals surface area contributed by atoms with Crippen molar-refractivity contribution in [2.24, 2.45) is 0 Å². The predicted molar refractivity (Wildman–Crippen MR) is 96.6 cm³/mol. The Balaban J connectivity index is 1.84. The molecule has 146 valence electrons. The van der Waals surface area contributed by atoms with Gasteiger partial charge >= 0.3 is 12.1 Å². The molecule has 0 radical (unpaired) electrons. The maximum absolute atomic E-state index is 12.6. The van der Waals surface area contributed by atoms with Crippen molar-refractivity contribution in [3.63, 3.8) is 0 Å². The van der Waals surface area contributed by atoms with Crippen LogP contribution in [0.25, 0.3) is 11.0 Å². The Morgan fingerprint density at radius 1 is 1.11 bits per heavy atom. The van der Waals surface area contributed by atoms with Crippen LogP contribution < -0.4 is 15.0 Å². The van der Waals surface area contributed by atoms with Gasteiger partial charge in [-0.25, -0.2) is 0 Å². The highest BCUT2D eigenvalue weighted by Crippen LogP contribution is 2.32. The van der Waals surface area contributed by atoms with E-state index in [0.29, 0.717) is 10.5 Å². The molecule has 2 aromatic carbocycles. The molecular weight excluding hydrogens is 377 g/mol. The number of fused-ring (bicyclic) bond motifs is 1. The minimum atomic E-state index is -5.00. The van der Waals surface area contributed by atoms with Crippen molar-refractivity contribution >= 4 is 34.2 Å². The lowest BCUT2D eigenvalue weighted by atomic mass is 10.2. The van der Waals surface area contributed by atoms with Crippen molar-refractivity contribution in [1.82, 2.24) is 0 Å². The molecule has 1 N–H and O–H groups in total. The molecule has 0 saturated carbocycles. The Morgan fingerprint density at radius 3 is 2.46 bits per heavy atom. The minimum Gasteiger partial charge on any atom is -0.494 e. The molecule has 0 fully saturated rings. The molecule has 3 rings (SSSR count). The number of alkyl halides is 3. The second-order valence-electron chi connectivity index (χ2n) is 5.85. The number of amides is 2. The third-order valence-electron chi connectivity index (χ3n) is 4.02. The molecule has 0 bridgehead atoms. The summed E-state index contributed by atoms with van der Waals surface area (Å²) in [5.41, 5.74) is 0.715. The standard InChI is InChI=1S/C19H15F3N2O4/c1-24(18(26)19(20,21)22)12-7-8-13(15(10-12)27-2)23-17(25)16-9-11-5-3-4-6-14(11)28-16/h3-10H,1-2H3,(H,23,25). The first-order valence-corrected chi connectivity index (χ1v) is 8.03. The molecule has 0 aliphatic carbocycles. The van der Waals surface area contributed by atoms with E-state index >= 15 is 0 Å². The normalized spacial score (nSPS) is 11.3. The highest BCUT2D eigenvalue weighted by Gasteiger charge is 2.41. The van der Waals surface area contributed by atoms with Gasteiger partial charge in [0.15, 0.2) is 5.76 Å². The highest BCUT2D eigenvalue weighted by molar-refractivity contribution is 6.05. The van der Waals surface area contributed by atoms with Gasteiger partial charge in [0.05, 0.1) is 12.8 Å². The van der Waals surface area contributed by atoms with Gasteiger partial charge in [0, 0.05) is 24.2 Å². The van der Waals surface area contributed by atoms with Gasteiger partial charge in [0.25, 0.3) is 5.91 Å². The highest BCUT2D eigenvalue weighted by atomic mass is 19.4. The van der Waals surface area contributed by atoms with Gasteiger partial charge in [-0.05, 0) is 24.3 Å². The van der Waals surface area contributed by atoms with E-state index in [1.54, 1.807) is 30.3 Å². The largest absolute Gasteiger partial charge is 0.494 e. The molecule has 0 unspecified atom stereocenters. The number of hydrogen-bond acceptors (Lipinski definition) is 4. The summed E-state index contributed by atoms with van der Waals surface area (Å²) in [6.07, 6.45) is -5.00. The van der Waals surface area contributed by atoms with Crippen LogP contribution in [-0.2, 0) is 4.79 Å². The zero-order valence-corrected chi connectivity index (χ0v) is 14.8. The van der Waals surface area contributed by atoms with Crippen LogP contribution in [0.1, 0.15) is 10.6 Å². The van der Waals surface area contributed by atoms with Gasteiger partial charge in [-0.15, -0.1) is 0 Å². The number of methoxy groups -OCH3 is 1. The molecule has 0 saturated heterocycles. The molecule has 0 atom stereocenters. The average Bonchev–Trinajstić information content (AvgIpc) is 3.10. The van der Waals surface area contributed by atoms with Crippen molar-refractivity contribution in [3.05, 3.63) is 54.3 Å². The lowest BCUT2D eigenvalue weighted by molar-refractivity contribution is -0.170. The zero-order valence-electron chi connectivity index (χ0n) is 14.8. The Kier molecular flexibility index (Phi) is 5.00. The van der Waals surface area contributed by atoms with Crippen LogP contribution in [0.5, 0.6) is 5.75 Å². The fraction of sp³-hybridized carbons (Fsp3) is 0.158. The first-order chi connectivity index (χ1) is 13.2. The molecule has 2 amide bonds. The Hall–Kier alpha value is -3.49. The minimum absolute atomic E-state index is 0.0408. The number of hydrogen-bond donors (Lipinski definition) is 1. The fourth-order valence-corrected chi connectivity index (χ4v) is 2.58. The molecule has 1 heterocycles. The van der Waals surface area contributed by atoms with Crippen molar-refractivity contribution in [3.8, 4) is 5.75 Å². The maximum Gasteiger partial charge on any atom is 0.471 e. The number of benzene rings is 2. The monoisotopic (exact) mass is 392 g/mol. The van der Waals surface area contributed by atoms with Gasteiger partial charge < -0.3 is 19.4 Å². The summed E-state index contributed by atoms with van der Waals surface area (Å²) >= 11 is 0. The zero-order chi connectivity index (χ0) is 20.5. The number of nitrogens with one attached hydrogen (secondary N) is 1. The number of halogens is 3. The smallest absolute Gasteiger partial charge is 0.471 e. The van der Waals surface area contributed by atoms with Crippen LogP contribution in [-0.4, -0.2) is 32.1 Å². The van der Waals surface area contributed by atoms with Crippen molar-refractivity contribution in [2.45, 2.75) is 6.18 Å². The topological polar surface area (TPSA) is 71.8 Å². The van der Waals surface area contributed by atoms with Crippen LogP contribution in [0, 0.1) is 0 Å². The van der Waals surface area contributed by atoms with E-state index in [0.717, 1.165) is 12.4 Å². The number of carbonyl (C=O) groups is 2. The van der Waals surface area contributed by atoms with E-state index in [9.17, 15) is 22.8 Å². The number of anilines is 2. The van der Waals surface area contributed by atoms with E-state index in [2.05, 4.69) is 5.32 Å². The van der Waals surface area contributed by atoms with Gasteiger partial charge in [0.2, 0.25) is 0 Å². The van der Waals surface area contributed by atoms with Gasteiger partial charge in [-0.2, -0.15) is 13.2 Å². The molecule has 0 spiro atoms. The van der Waals surface area contributed by atoms with E-state index in [4.69, 9.17) is 9.15 Å². The molecule has 1 aromatic heterocycles. The summed E-state index contributed by atoms with van der Waals surface area (Å²) in [7, 11) is 2.29. The summed E-state index contributed by atoms with van der Waals surface area (Å²) in [6, 6.07) is 12.5. The quantitative estimate of drug-likeness (QED) is 0.722. The van der Waals surface area contributed by atoms with E-state index in [1.807, 2.05) is 0 Å². The average molecular weight is 392 g/mol. The van der Waals surface area contributed by atoms with Crippen LogP contribution in [0.15, 0.2) is 52.9 Å². The van der Waals surface area contributed by atoms with Crippen molar-refractivity contribution < 1.29 is 31.9 Å². The Labute approximate surface area is 157 Å². The number of ether oxygens (including phenoxy) is 1. The molecular formula is C19H15F3N2O4. The number of para-hydroxylation sites is 1. The first kappa shape index (κ1) is 19.3. The van der Waals surface area contributed by atoms with Gasteiger partial charge in [0.1, 0.15) is 11.3 Å². The SMILES string of the molecule is COc1cc(N(C)C(=O)C(F)(F)F)ccc1NC(=O)c1cc2ccccc2o1. The predicted octanol–water partition coefficient (Wildman–Crippen LogP) is 4.22. The summed E-state index contributed by atoms with van der Waals surface area (Å²) < 4.78 is 48.4. The Morgan fingerprint density at radius 2 is 1.82 bits per heavy atom. The number of nitrogens with zero attached hydrogens (tertiary/aromatic N) is 1. The summed E-state index contributed by atoms with van der Waals surface area (Å²) in [6.45, 7) is 0. The fourth-order valence-electron chi connectivity index (χ4n) is 2.58. The summed E-state index contributed by atoms with van der Waals surface area (Å²) in [5, 5.41) is 3.33. The molecule has 0 aliphatic rings. The van der Waals surface area contributed by atoms with E-state index in [-0.39, 0.29) is 22.9 Å². The number of rotatable bonds is 4. The maximum atomic E-state index is 12.6. The molecule has 0 aliphatic heterocycles. The van der Waals surface area contributed by atoms with Crippen molar-refractivity contribution in [2.75, 3.05) is 24.4 Å². The van der Waals surface area contributed by atoms with Crippen LogP contribution in [0.2, 0.25) is 0 Å². The van der Waals surface area contributed by atoms with Crippen LogP contribution in [0.3, 0.4) is 0 Å². The number of furan rings is 1. The second-order valence-corrected chi connectivity index (χ2v) is 5.85. The van der Waals surface area contributed by atoms with Crippen LogP contribution >= 0.6 is 0 Å². The van der Waals surface area contributed by atoms with Crippen molar-refractivity contribution in [1.29, 1.82) is 0 Å². The van der Waals surface area contributed by atoms with E-state index in [1.165, 1.54) is 25.3 Å². The van der Waals surface area contributed by atoms with Gasteiger partial charge in [-0.1, -0.05) is 18.2 Å². The lowest BCUT2D eigenvalue weighted by Gasteiger charge is -2.20. The van der Waals surface area contributed by atoms with E-state index < -0.39 is 18.0 Å². The molecule has 6 nitrogen and oxygen atoms in total. The molecule has 28 heavy (non-hydrogen) atoms. The summed E-state index contributed by atoms with van der Waals surface area (Å²) in [5.74, 6) is -2.42.